The van der Waals surface area contributed by atoms with Gasteiger partial charge < -0.3 is 15.0 Å². The first-order valence-corrected chi connectivity index (χ1v) is 8.71. The number of aromatic nitrogens is 1. The summed E-state index contributed by atoms with van der Waals surface area (Å²) in [7, 11) is 1.63. The van der Waals surface area contributed by atoms with E-state index in [9.17, 15) is 10.1 Å². The fourth-order valence-corrected chi connectivity index (χ4v) is 3.66. The highest BCUT2D eigenvalue weighted by atomic mass is 16.6. The van der Waals surface area contributed by atoms with Crippen LogP contribution in [-0.4, -0.2) is 36.7 Å². The summed E-state index contributed by atoms with van der Waals surface area (Å²) in [6.45, 7) is 4.62. The number of hydrogen-bond donors (Lipinski definition) is 1. The zero-order valence-corrected chi connectivity index (χ0v) is 14.8. The number of non-ortho nitro benzene ring substituents is 1. The summed E-state index contributed by atoms with van der Waals surface area (Å²) in [6, 6.07) is 9.01. The predicted octanol–water partition coefficient (Wildman–Crippen LogP) is 3.95. The molecule has 0 saturated carbocycles. The smallest absolute Gasteiger partial charge is 0.295 e. The quantitative estimate of drug-likeness (QED) is 0.435. The third-order valence-electron chi connectivity index (χ3n) is 4.80. The Hall–Kier alpha value is -3.09. The molecule has 7 heteroatoms. The fraction of sp³-hybridized carbons (Fsp3) is 0.316. The molecule has 0 aliphatic carbocycles. The van der Waals surface area contributed by atoms with Crippen molar-refractivity contribution in [1.82, 2.24) is 4.98 Å². The number of methoxy groups -OCH3 is 1. The highest BCUT2D eigenvalue weighted by molar-refractivity contribution is 6.15. The molecule has 0 saturated heterocycles. The molecule has 1 N–H and O–H groups in total. The minimum absolute atomic E-state index is 0.0304. The van der Waals surface area contributed by atoms with Crippen LogP contribution in [0.2, 0.25) is 0 Å². The predicted molar refractivity (Wildman–Crippen MR) is 103 cm³/mol. The van der Waals surface area contributed by atoms with Crippen LogP contribution in [0.5, 0.6) is 5.75 Å². The van der Waals surface area contributed by atoms with Gasteiger partial charge in [0.25, 0.3) is 5.69 Å². The number of nitrogens with one attached hydrogen (secondary N) is 1. The number of nitro benzene ring substituents is 1. The van der Waals surface area contributed by atoms with E-state index in [1.165, 1.54) is 0 Å². The van der Waals surface area contributed by atoms with Crippen LogP contribution in [-0.2, 0) is 0 Å². The molecule has 0 fully saturated rings. The summed E-state index contributed by atoms with van der Waals surface area (Å²) in [5.41, 5.74) is 3.05. The Labute approximate surface area is 150 Å². The second-order valence-electron chi connectivity index (χ2n) is 6.37. The summed E-state index contributed by atoms with van der Waals surface area (Å²) < 4.78 is 5.36. The van der Waals surface area contributed by atoms with E-state index < -0.39 is 0 Å². The molecule has 2 heterocycles. The summed E-state index contributed by atoms with van der Waals surface area (Å²) in [4.78, 5) is 18.1. The van der Waals surface area contributed by atoms with Crippen molar-refractivity contribution in [2.45, 2.75) is 13.3 Å². The standard InChI is InChI=1S/C19H20N4O3/c1-3-9-22-10-8-20-18-13-11-12(26-2)4-5-14(13)21-19-16(23(24)25)7-6-15(22)17(18)19/h4-7,11,20H,3,8-10H2,1-2H3. The van der Waals surface area contributed by atoms with E-state index in [0.29, 0.717) is 11.0 Å². The molecule has 1 aromatic heterocycles. The van der Waals surface area contributed by atoms with Crippen molar-refractivity contribution in [2.24, 2.45) is 0 Å². The number of nitro groups is 1. The molecule has 7 nitrogen and oxygen atoms in total. The minimum Gasteiger partial charge on any atom is -0.497 e. The van der Waals surface area contributed by atoms with Gasteiger partial charge in [-0.1, -0.05) is 6.92 Å². The molecule has 4 rings (SSSR count). The third kappa shape index (κ3) is 2.47. The van der Waals surface area contributed by atoms with E-state index in [-0.39, 0.29) is 10.6 Å². The van der Waals surface area contributed by atoms with Crippen LogP contribution < -0.4 is 15.0 Å². The molecule has 1 aliphatic rings. The number of pyridine rings is 1. The van der Waals surface area contributed by atoms with Crippen LogP contribution in [0, 0.1) is 10.1 Å². The van der Waals surface area contributed by atoms with Crippen LogP contribution in [0.4, 0.5) is 17.1 Å². The van der Waals surface area contributed by atoms with Crippen LogP contribution in [0.3, 0.4) is 0 Å². The van der Waals surface area contributed by atoms with Gasteiger partial charge in [0.15, 0.2) is 5.52 Å². The first-order chi connectivity index (χ1) is 12.6. The van der Waals surface area contributed by atoms with Crippen LogP contribution in [0.15, 0.2) is 30.3 Å². The van der Waals surface area contributed by atoms with Gasteiger partial charge in [0, 0.05) is 36.8 Å². The number of hydrogen-bond acceptors (Lipinski definition) is 6. The van der Waals surface area contributed by atoms with Crippen molar-refractivity contribution in [3.8, 4) is 5.75 Å². The topological polar surface area (TPSA) is 80.5 Å². The Morgan fingerprint density at radius 1 is 1.35 bits per heavy atom. The van der Waals surface area contributed by atoms with Gasteiger partial charge in [-0.05, 0) is 30.7 Å². The number of anilines is 2. The SMILES string of the molecule is CCCN1CCNc2c3cc(OC)ccc3nc3c([N+](=O)[O-])ccc1c23. The molecule has 0 radical (unpaired) electrons. The number of benzene rings is 2. The van der Waals surface area contributed by atoms with E-state index >= 15 is 0 Å². The van der Waals surface area contributed by atoms with Gasteiger partial charge in [-0.3, -0.25) is 10.1 Å². The molecule has 0 amide bonds. The Kier molecular flexibility index (Phi) is 3.99. The fourth-order valence-electron chi connectivity index (χ4n) is 3.66. The van der Waals surface area contributed by atoms with E-state index in [2.05, 4.69) is 22.1 Å². The Balaban J connectivity index is 2.14. The summed E-state index contributed by atoms with van der Waals surface area (Å²) in [5, 5.41) is 16.8. The molecule has 0 unspecified atom stereocenters. The molecular formula is C19H20N4O3. The normalized spacial score (nSPS) is 13.5. The van der Waals surface area contributed by atoms with E-state index in [4.69, 9.17) is 4.74 Å². The summed E-state index contributed by atoms with van der Waals surface area (Å²) >= 11 is 0. The molecule has 0 bridgehead atoms. The lowest BCUT2D eigenvalue weighted by Gasteiger charge is -2.23. The zero-order valence-electron chi connectivity index (χ0n) is 14.8. The second kappa shape index (κ2) is 6.33. The first-order valence-electron chi connectivity index (χ1n) is 8.71. The zero-order chi connectivity index (χ0) is 18.3. The number of rotatable bonds is 4. The maximum absolute atomic E-state index is 11.6. The Morgan fingerprint density at radius 3 is 2.92 bits per heavy atom. The van der Waals surface area contributed by atoms with Gasteiger partial charge in [0.1, 0.15) is 5.75 Å². The first kappa shape index (κ1) is 16.4. The molecule has 0 spiro atoms. The highest BCUT2D eigenvalue weighted by Crippen LogP contribution is 2.42. The van der Waals surface area contributed by atoms with Crippen molar-refractivity contribution in [3.05, 3.63) is 40.4 Å². The van der Waals surface area contributed by atoms with Crippen molar-refractivity contribution in [1.29, 1.82) is 0 Å². The lowest BCUT2D eigenvalue weighted by molar-refractivity contribution is -0.383. The minimum atomic E-state index is -0.361. The van der Waals surface area contributed by atoms with Crippen LogP contribution >= 0.6 is 0 Å². The number of nitrogens with zero attached hydrogens (tertiary/aromatic N) is 3. The lowest BCUT2D eigenvalue weighted by atomic mass is 10.0. The van der Waals surface area contributed by atoms with Gasteiger partial charge in [0.2, 0.25) is 0 Å². The largest absolute Gasteiger partial charge is 0.497 e. The molecule has 1 aliphatic heterocycles. The van der Waals surface area contributed by atoms with E-state index in [1.807, 2.05) is 24.3 Å². The van der Waals surface area contributed by atoms with Gasteiger partial charge in [-0.15, -0.1) is 0 Å². The average Bonchev–Trinajstić information content (AvgIpc) is 2.83. The van der Waals surface area contributed by atoms with Gasteiger partial charge in [0.05, 0.1) is 28.6 Å². The highest BCUT2D eigenvalue weighted by Gasteiger charge is 2.25. The molecule has 0 atom stereocenters. The van der Waals surface area contributed by atoms with Gasteiger partial charge >= 0.3 is 0 Å². The molecule has 26 heavy (non-hydrogen) atoms. The van der Waals surface area contributed by atoms with Gasteiger partial charge in [-0.2, -0.15) is 0 Å². The van der Waals surface area contributed by atoms with Crippen LogP contribution in [0.25, 0.3) is 21.8 Å². The van der Waals surface area contributed by atoms with E-state index in [0.717, 1.165) is 54.0 Å². The number of ether oxygens (including phenoxy) is 1. The lowest BCUT2D eigenvalue weighted by Crippen LogP contribution is -2.28. The molecule has 2 aromatic carbocycles. The van der Waals surface area contributed by atoms with E-state index in [1.54, 1.807) is 13.2 Å². The summed E-state index contributed by atoms with van der Waals surface area (Å²) in [5.74, 6) is 0.735. The van der Waals surface area contributed by atoms with Gasteiger partial charge in [-0.25, -0.2) is 4.98 Å². The van der Waals surface area contributed by atoms with Crippen molar-refractivity contribution < 1.29 is 9.66 Å². The monoisotopic (exact) mass is 352 g/mol. The number of fused-ring (bicyclic) bond motifs is 2. The second-order valence-corrected chi connectivity index (χ2v) is 6.37. The summed E-state index contributed by atoms with van der Waals surface area (Å²) in [6.07, 6.45) is 1.00. The Morgan fingerprint density at radius 2 is 2.19 bits per heavy atom. The molecule has 3 aromatic rings. The third-order valence-corrected chi connectivity index (χ3v) is 4.80. The Bertz CT molecular complexity index is 1020. The van der Waals surface area contributed by atoms with Crippen molar-refractivity contribution in [3.63, 3.8) is 0 Å². The van der Waals surface area contributed by atoms with Crippen molar-refractivity contribution >= 4 is 38.9 Å². The maximum atomic E-state index is 11.6. The van der Waals surface area contributed by atoms with Crippen molar-refractivity contribution in [2.75, 3.05) is 37.0 Å². The average molecular weight is 352 g/mol. The molecule has 134 valence electrons. The maximum Gasteiger partial charge on any atom is 0.295 e. The van der Waals surface area contributed by atoms with Crippen LogP contribution in [0.1, 0.15) is 13.3 Å². The molecular weight excluding hydrogens is 332 g/mol.